The van der Waals surface area contributed by atoms with Crippen LogP contribution < -0.4 is 5.56 Å². The van der Waals surface area contributed by atoms with Gasteiger partial charge in [-0.05, 0) is 50.2 Å². The summed E-state index contributed by atoms with van der Waals surface area (Å²) in [6.07, 6.45) is 5.67. The van der Waals surface area contributed by atoms with Crippen molar-refractivity contribution >= 4 is 17.8 Å². The zero-order chi connectivity index (χ0) is 20.3. The third-order valence-electron chi connectivity index (χ3n) is 5.73. The summed E-state index contributed by atoms with van der Waals surface area (Å²) >= 11 is 0. The van der Waals surface area contributed by atoms with Crippen LogP contribution in [-0.4, -0.2) is 64.4 Å². The zero-order valence-corrected chi connectivity index (χ0v) is 16.2. The second-order valence-corrected chi connectivity index (χ2v) is 7.73. The molecule has 152 valence electrons. The van der Waals surface area contributed by atoms with Crippen molar-refractivity contribution in [3.8, 4) is 0 Å². The van der Waals surface area contributed by atoms with Crippen LogP contribution in [0.2, 0.25) is 0 Å². The molecule has 8 heteroatoms. The number of carboxylic acid groups (broad SMARTS) is 1. The Morgan fingerprint density at radius 1 is 1.18 bits per heavy atom. The van der Waals surface area contributed by atoms with Gasteiger partial charge in [0.2, 0.25) is 5.91 Å². The molecule has 2 heterocycles. The molecule has 3 rings (SSSR count). The van der Waals surface area contributed by atoms with E-state index >= 15 is 0 Å². The fraction of sp³-hybridized carbons (Fsp3) is 0.600. The number of hydrogen-bond acceptors (Lipinski definition) is 4. The van der Waals surface area contributed by atoms with Gasteiger partial charge in [0.25, 0.3) is 11.5 Å². The van der Waals surface area contributed by atoms with E-state index in [1.807, 2.05) is 0 Å². The molecule has 0 saturated carbocycles. The van der Waals surface area contributed by atoms with Crippen LogP contribution in [-0.2, 0) is 22.4 Å². The first-order valence-corrected chi connectivity index (χ1v) is 9.88. The van der Waals surface area contributed by atoms with E-state index in [4.69, 9.17) is 5.11 Å². The Balaban J connectivity index is 1.65. The highest BCUT2D eigenvalue weighted by Crippen LogP contribution is 2.19. The Morgan fingerprint density at radius 2 is 1.86 bits per heavy atom. The van der Waals surface area contributed by atoms with E-state index in [2.05, 4.69) is 4.98 Å². The molecule has 1 aromatic heterocycles. The average molecular weight is 389 g/mol. The number of carbonyl (C=O) groups is 3. The number of carboxylic acids is 1. The number of aromatic amines is 1. The summed E-state index contributed by atoms with van der Waals surface area (Å²) in [4.78, 5) is 54.3. The predicted molar refractivity (Wildman–Crippen MR) is 102 cm³/mol. The third kappa shape index (κ3) is 4.43. The van der Waals surface area contributed by atoms with E-state index in [1.165, 1.54) is 11.9 Å². The van der Waals surface area contributed by atoms with Crippen LogP contribution in [0.3, 0.4) is 0 Å². The van der Waals surface area contributed by atoms with Gasteiger partial charge in [-0.1, -0.05) is 6.42 Å². The number of aryl methyl sites for hydroxylation is 2. The molecule has 0 radical (unpaired) electrons. The number of nitrogens with one attached hydrogen (secondary N) is 1. The lowest BCUT2D eigenvalue weighted by atomic mass is 9.97. The first-order valence-electron chi connectivity index (χ1n) is 9.88. The summed E-state index contributed by atoms with van der Waals surface area (Å²) in [6, 6.07) is 1.68. The van der Waals surface area contributed by atoms with E-state index in [-0.39, 0.29) is 18.0 Å². The quantitative estimate of drug-likeness (QED) is 0.748. The Labute approximate surface area is 163 Å². The minimum absolute atomic E-state index is 0.0699. The Kier molecular flexibility index (Phi) is 6.16. The van der Waals surface area contributed by atoms with Crippen molar-refractivity contribution < 1.29 is 19.5 Å². The van der Waals surface area contributed by atoms with E-state index < -0.39 is 23.4 Å². The normalized spacial score (nSPS) is 17.5. The van der Waals surface area contributed by atoms with Crippen LogP contribution in [0.5, 0.6) is 0 Å². The molecule has 0 unspecified atom stereocenters. The number of piperidine rings is 1. The molecule has 1 saturated heterocycles. The lowest BCUT2D eigenvalue weighted by Crippen LogP contribution is -2.46. The molecule has 1 aromatic rings. The molecule has 0 bridgehead atoms. The van der Waals surface area contributed by atoms with Crippen LogP contribution in [0.25, 0.3) is 0 Å². The Bertz CT molecular complexity index is 824. The molecule has 1 fully saturated rings. The van der Waals surface area contributed by atoms with Crippen molar-refractivity contribution in [3.63, 3.8) is 0 Å². The monoisotopic (exact) mass is 389 g/mol. The smallest absolute Gasteiger partial charge is 0.306 e. The summed E-state index contributed by atoms with van der Waals surface area (Å²) in [6.45, 7) is 0.613. The van der Waals surface area contributed by atoms with Crippen LogP contribution in [0.15, 0.2) is 10.9 Å². The second-order valence-electron chi connectivity index (χ2n) is 7.73. The highest BCUT2D eigenvalue weighted by atomic mass is 16.4. The van der Waals surface area contributed by atoms with Gasteiger partial charge in [0, 0.05) is 25.8 Å². The van der Waals surface area contributed by atoms with E-state index in [0.717, 1.165) is 43.4 Å². The summed E-state index contributed by atoms with van der Waals surface area (Å²) in [5.74, 6) is -1.95. The molecular weight excluding hydrogens is 362 g/mol. The lowest BCUT2D eigenvalue weighted by molar-refractivity contribution is -0.145. The van der Waals surface area contributed by atoms with Crippen LogP contribution >= 0.6 is 0 Å². The fourth-order valence-electron chi connectivity index (χ4n) is 3.97. The second kappa shape index (κ2) is 8.58. The van der Waals surface area contributed by atoms with Crippen molar-refractivity contribution in [1.82, 2.24) is 14.8 Å². The molecule has 28 heavy (non-hydrogen) atoms. The van der Waals surface area contributed by atoms with Crippen LogP contribution in [0.4, 0.5) is 0 Å². The largest absolute Gasteiger partial charge is 0.481 e. The molecule has 0 atom stereocenters. The molecule has 8 nitrogen and oxygen atoms in total. The van der Waals surface area contributed by atoms with Gasteiger partial charge < -0.3 is 19.9 Å². The number of nitrogens with zero attached hydrogens (tertiary/aromatic N) is 2. The topological polar surface area (TPSA) is 111 Å². The van der Waals surface area contributed by atoms with Gasteiger partial charge in [-0.25, -0.2) is 0 Å². The lowest BCUT2D eigenvalue weighted by Gasteiger charge is -2.31. The van der Waals surface area contributed by atoms with Gasteiger partial charge in [-0.15, -0.1) is 0 Å². The first-order chi connectivity index (χ1) is 13.4. The fourth-order valence-corrected chi connectivity index (χ4v) is 3.97. The van der Waals surface area contributed by atoms with Crippen molar-refractivity contribution in [2.24, 2.45) is 5.92 Å². The molecule has 0 spiro atoms. The number of pyridine rings is 1. The number of likely N-dealkylation sites (N-methyl/N-ethyl adjacent to an activating group) is 1. The maximum absolute atomic E-state index is 12.8. The molecule has 2 N–H and O–H groups in total. The minimum atomic E-state index is -0.832. The van der Waals surface area contributed by atoms with Crippen molar-refractivity contribution in [2.45, 2.75) is 44.9 Å². The minimum Gasteiger partial charge on any atom is -0.481 e. The van der Waals surface area contributed by atoms with Crippen molar-refractivity contribution in [3.05, 3.63) is 33.2 Å². The number of fused-ring (bicyclic) bond motifs is 1. The van der Waals surface area contributed by atoms with Gasteiger partial charge in [-0.2, -0.15) is 0 Å². The maximum atomic E-state index is 12.8. The molecule has 1 aliphatic carbocycles. The number of hydrogen-bond donors (Lipinski definition) is 2. The van der Waals surface area contributed by atoms with E-state index in [1.54, 1.807) is 11.0 Å². The van der Waals surface area contributed by atoms with Gasteiger partial charge in [0.1, 0.15) is 5.56 Å². The first kappa shape index (κ1) is 20.1. The Morgan fingerprint density at radius 3 is 2.54 bits per heavy atom. The van der Waals surface area contributed by atoms with Crippen molar-refractivity contribution in [1.29, 1.82) is 0 Å². The molecular formula is C20H27N3O5. The number of likely N-dealkylation sites (tertiary alicyclic amines) is 1. The summed E-state index contributed by atoms with van der Waals surface area (Å²) in [5, 5.41) is 9.05. The van der Waals surface area contributed by atoms with Gasteiger partial charge in [0.05, 0.1) is 12.5 Å². The number of H-pyrrole nitrogens is 1. The summed E-state index contributed by atoms with van der Waals surface area (Å²) in [7, 11) is 1.51. The third-order valence-corrected chi connectivity index (χ3v) is 5.73. The van der Waals surface area contributed by atoms with E-state index in [0.29, 0.717) is 25.9 Å². The van der Waals surface area contributed by atoms with Gasteiger partial charge in [0.15, 0.2) is 0 Å². The molecule has 2 aliphatic rings. The number of rotatable bonds is 4. The zero-order valence-electron chi connectivity index (χ0n) is 16.2. The number of amides is 2. The highest BCUT2D eigenvalue weighted by Gasteiger charge is 2.28. The van der Waals surface area contributed by atoms with Gasteiger partial charge in [-0.3, -0.25) is 19.2 Å². The highest BCUT2D eigenvalue weighted by molar-refractivity contribution is 5.96. The Hall–Kier alpha value is -2.64. The summed E-state index contributed by atoms with van der Waals surface area (Å²) in [5.41, 5.74) is 1.59. The average Bonchev–Trinajstić information content (AvgIpc) is 2.91. The number of carbonyl (C=O) groups excluding carboxylic acids is 2. The standard InChI is InChI=1S/C20H27N3O5/c1-22(12-17(24)23-9-7-13(8-10-23)20(27)28)19(26)15-11-14-5-3-2-4-6-16(14)21-18(15)25/h11,13H,2-10,12H2,1H3,(H,21,25)(H,27,28). The van der Waals surface area contributed by atoms with Gasteiger partial charge >= 0.3 is 5.97 Å². The number of aromatic nitrogens is 1. The molecule has 0 aromatic carbocycles. The summed E-state index contributed by atoms with van der Waals surface area (Å²) < 4.78 is 0. The molecule has 2 amide bonds. The van der Waals surface area contributed by atoms with Crippen molar-refractivity contribution in [2.75, 3.05) is 26.7 Å². The van der Waals surface area contributed by atoms with E-state index in [9.17, 15) is 19.2 Å². The SMILES string of the molecule is CN(CC(=O)N1CCC(C(=O)O)CC1)C(=O)c1cc2c([nH]c1=O)CCCCC2. The predicted octanol–water partition coefficient (Wildman–Crippen LogP) is 1.04. The van der Waals surface area contributed by atoms with Crippen LogP contribution in [0.1, 0.15) is 53.7 Å². The molecule has 1 aliphatic heterocycles. The van der Waals surface area contributed by atoms with Crippen LogP contribution in [0, 0.1) is 5.92 Å². The maximum Gasteiger partial charge on any atom is 0.306 e. The number of aliphatic carboxylic acids is 1.